The van der Waals surface area contributed by atoms with Gasteiger partial charge in [-0.25, -0.2) is 0 Å². The third-order valence-corrected chi connectivity index (χ3v) is 3.11. The first-order chi connectivity index (χ1) is 6.31. The minimum absolute atomic E-state index is 0.0506. The van der Waals surface area contributed by atoms with E-state index in [9.17, 15) is 4.79 Å². The van der Waals surface area contributed by atoms with Gasteiger partial charge in [-0.05, 0) is 6.07 Å². The summed E-state index contributed by atoms with van der Waals surface area (Å²) in [6.45, 7) is 1.70. The van der Waals surface area contributed by atoms with Crippen LogP contribution < -0.4 is 0 Å². The van der Waals surface area contributed by atoms with E-state index in [2.05, 4.69) is 26.1 Å². The second-order valence-electron chi connectivity index (χ2n) is 3.20. The van der Waals surface area contributed by atoms with Crippen molar-refractivity contribution in [1.82, 2.24) is 15.1 Å². The molecule has 0 aliphatic carbocycles. The summed E-state index contributed by atoms with van der Waals surface area (Å²) in [5, 5.41) is 7.38. The van der Waals surface area contributed by atoms with Crippen LogP contribution >= 0.6 is 15.9 Å². The number of carbonyl (C=O) groups excluding carboxylic acids is 1. The molecule has 5 heteroatoms. The molecular weight excluding hydrogens is 234 g/mol. The van der Waals surface area contributed by atoms with E-state index in [1.54, 1.807) is 12.3 Å². The molecule has 1 N–H and O–H groups in total. The van der Waals surface area contributed by atoms with Crippen LogP contribution in [-0.2, 0) is 0 Å². The van der Waals surface area contributed by atoms with Gasteiger partial charge in [-0.2, -0.15) is 5.10 Å². The summed E-state index contributed by atoms with van der Waals surface area (Å²) in [6.07, 6.45) is 1.59. The second-order valence-corrected chi connectivity index (χ2v) is 3.85. The summed E-state index contributed by atoms with van der Waals surface area (Å²) in [7, 11) is 0. The Morgan fingerprint density at radius 3 is 3.08 bits per heavy atom. The Balaban J connectivity index is 1.94. The van der Waals surface area contributed by atoms with Crippen molar-refractivity contribution in [3.8, 4) is 0 Å². The van der Waals surface area contributed by atoms with Crippen molar-refractivity contribution < 1.29 is 4.79 Å². The molecule has 1 aromatic heterocycles. The third kappa shape index (κ3) is 1.60. The van der Waals surface area contributed by atoms with E-state index < -0.39 is 0 Å². The van der Waals surface area contributed by atoms with E-state index in [-0.39, 0.29) is 5.91 Å². The van der Waals surface area contributed by atoms with Crippen LogP contribution in [-0.4, -0.2) is 39.4 Å². The highest BCUT2D eigenvalue weighted by molar-refractivity contribution is 9.09. The van der Waals surface area contributed by atoms with Gasteiger partial charge in [0.05, 0.1) is 0 Å². The van der Waals surface area contributed by atoms with E-state index in [4.69, 9.17) is 0 Å². The maximum atomic E-state index is 11.6. The number of likely N-dealkylation sites (tertiary alicyclic amines) is 1. The first-order valence-electron chi connectivity index (χ1n) is 4.16. The topological polar surface area (TPSA) is 49.0 Å². The molecule has 13 heavy (non-hydrogen) atoms. The van der Waals surface area contributed by atoms with Crippen LogP contribution in [0, 0.1) is 5.92 Å². The fourth-order valence-electron chi connectivity index (χ4n) is 1.38. The van der Waals surface area contributed by atoms with Gasteiger partial charge in [0.1, 0.15) is 5.69 Å². The van der Waals surface area contributed by atoms with Crippen molar-refractivity contribution in [2.75, 3.05) is 18.4 Å². The Labute approximate surface area is 84.4 Å². The lowest BCUT2D eigenvalue weighted by Crippen LogP contribution is -2.50. The van der Waals surface area contributed by atoms with Crippen LogP contribution in [0.25, 0.3) is 0 Å². The zero-order chi connectivity index (χ0) is 9.26. The van der Waals surface area contributed by atoms with E-state index in [1.165, 1.54) is 0 Å². The average molecular weight is 244 g/mol. The quantitative estimate of drug-likeness (QED) is 0.785. The molecule has 0 atom stereocenters. The Morgan fingerprint density at radius 1 is 1.77 bits per heavy atom. The maximum Gasteiger partial charge on any atom is 0.271 e. The Hall–Kier alpha value is -0.840. The standard InChI is InChI=1S/C8H10BrN3O/c9-3-6-4-12(5-6)8(13)7-1-2-10-11-7/h1-2,6H,3-5H2,(H,10,11). The van der Waals surface area contributed by atoms with Crippen molar-refractivity contribution in [3.63, 3.8) is 0 Å². The summed E-state index contributed by atoms with van der Waals surface area (Å²) in [5.74, 6) is 0.668. The van der Waals surface area contributed by atoms with Crippen LogP contribution in [0.5, 0.6) is 0 Å². The molecule has 0 radical (unpaired) electrons. The molecule has 70 valence electrons. The number of aromatic nitrogens is 2. The first-order valence-corrected chi connectivity index (χ1v) is 5.28. The number of hydrogen-bond acceptors (Lipinski definition) is 2. The zero-order valence-electron chi connectivity index (χ0n) is 7.03. The van der Waals surface area contributed by atoms with Crippen LogP contribution in [0.15, 0.2) is 12.3 Å². The number of nitrogens with zero attached hydrogens (tertiary/aromatic N) is 2. The molecule has 4 nitrogen and oxygen atoms in total. The van der Waals surface area contributed by atoms with Crippen LogP contribution in [0.3, 0.4) is 0 Å². The number of amides is 1. The predicted molar refractivity (Wildman–Crippen MR) is 51.8 cm³/mol. The average Bonchev–Trinajstić information content (AvgIpc) is 2.53. The van der Waals surface area contributed by atoms with Gasteiger partial charge in [0.25, 0.3) is 5.91 Å². The Morgan fingerprint density at radius 2 is 2.54 bits per heavy atom. The lowest BCUT2D eigenvalue weighted by Gasteiger charge is -2.37. The molecule has 0 saturated carbocycles. The molecular formula is C8H10BrN3O. The molecule has 0 unspecified atom stereocenters. The predicted octanol–water partition coefficient (Wildman–Crippen LogP) is 0.877. The van der Waals surface area contributed by atoms with Gasteiger partial charge >= 0.3 is 0 Å². The Kier molecular flexibility index (Phi) is 2.35. The molecule has 0 bridgehead atoms. The number of H-pyrrole nitrogens is 1. The molecule has 1 aliphatic rings. The molecule has 1 saturated heterocycles. The Bertz CT molecular complexity index is 292. The van der Waals surface area contributed by atoms with E-state index >= 15 is 0 Å². The van der Waals surface area contributed by atoms with Crippen molar-refractivity contribution in [2.24, 2.45) is 5.92 Å². The monoisotopic (exact) mass is 243 g/mol. The molecule has 2 heterocycles. The van der Waals surface area contributed by atoms with Gasteiger partial charge in [-0.1, -0.05) is 15.9 Å². The number of carbonyl (C=O) groups is 1. The van der Waals surface area contributed by atoms with Gasteiger partial charge in [0, 0.05) is 30.5 Å². The summed E-state index contributed by atoms with van der Waals surface area (Å²) >= 11 is 3.39. The minimum atomic E-state index is 0.0506. The van der Waals surface area contributed by atoms with Crippen molar-refractivity contribution in [1.29, 1.82) is 0 Å². The SMILES string of the molecule is O=C(c1ccn[nH]1)N1CC(CBr)C1. The van der Waals surface area contributed by atoms with Crippen LogP contribution in [0.4, 0.5) is 0 Å². The highest BCUT2D eigenvalue weighted by Crippen LogP contribution is 2.19. The molecule has 1 fully saturated rings. The molecule has 0 spiro atoms. The van der Waals surface area contributed by atoms with E-state index in [1.807, 2.05) is 4.90 Å². The summed E-state index contributed by atoms with van der Waals surface area (Å²) in [5.41, 5.74) is 0.577. The van der Waals surface area contributed by atoms with E-state index in [0.717, 1.165) is 18.4 Å². The normalized spacial score (nSPS) is 17.2. The summed E-state index contributed by atoms with van der Waals surface area (Å²) in [4.78, 5) is 13.4. The van der Waals surface area contributed by atoms with Gasteiger partial charge < -0.3 is 4.90 Å². The lowest BCUT2D eigenvalue weighted by atomic mass is 10.0. The summed E-state index contributed by atoms with van der Waals surface area (Å²) < 4.78 is 0. The first kappa shape index (κ1) is 8.74. The largest absolute Gasteiger partial charge is 0.337 e. The number of halogens is 1. The zero-order valence-corrected chi connectivity index (χ0v) is 8.62. The number of nitrogens with one attached hydrogen (secondary N) is 1. The van der Waals surface area contributed by atoms with Gasteiger partial charge in [-0.15, -0.1) is 0 Å². The summed E-state index contributed by atoms with van der Waals surface area (Å²) in [6, 6.07) is 1.70. The number of aromatic amines is 1. The van der Waals surface area contributed by atoms with Gasteiger partial charge in [0.2, 0.25) is 0 Å². The minimum Gasteiger partial charge on any atom is -0.337 e. The highest BCUT2D eigenvalue weighted by Gasteiger charge is 2.30. The third-order valence-electron chi connectivity index (χ3n) is 2.19. The molecule has 0 aromatic carbocycles. The van der Waals surface area contributed by atoms with Crippen LogP contribution in [0.2, 0.25) is 0 Å². The fourth-order valence-corrected chi connectivity index (χ4v) is 1.79. The van der Waals surface area contributed by atoms with Crippen molar-refractivity contribution >= 4 is 21.8 Å². The second kappa shape index (κ2) is 3.49. The fraction of sp³-hybridized carbons (Fsp3) is 0.500. The van der Waals surface area contributed by atoms with Gasteiger partial charge in [0.15, 0.2) is 0 Å². The molecule has 1 aromatic rings. The van der Waals surface area contributed by atoms with Crippen molar-refractivity contribution in [2.45, 2.75) is 0 Å². The molecule has 1 amide bonds. The van der Waals surface area contributed by atoms with Gasteiger partial charge in [-0.3, -0.25) is 9.89 Å². The number of hydrogen-bond donors (Lipinski definition) is 1. The highest BCUT2D eigenvalue weighted by atomic mass is 79.9. The lowest BCUT2D eigenvalue weighted by molar-refractivity contribution is 0.0533. The van der Waals surface area contributed by atoms with Crippen molar-refractivity contribution in [3.05, 3.63) is 18.0 Å². The number of rotatable bonds is 2. The molecule has 2 rings (SSSR count). The smallest absolute Gasteiger partial charge is 0.271 e. The van der Waals surface area contributed by atoms with Crippen LogP contribution in [0.1, 0.15) is 10.5 Å². The number of alkyl halides is 1. The maximum absolute atomic E-state index is 11.6. The van der Waals surface area contributed by atoms with E-state index in [0.29, 0.717) is 11.6 Å². The molecule has 1 aliphatic heterocycles.